The normalized spacial score (nSPS) is 14.8. The number of rotatable bonds is 5. The number of halogens is 1. The van der Waals surface area contributed by atoms with Gasteiger partial charge in [-0.15, -0.1) is 0 Å². The van der Waals surface area contributed by atoms with Gasteiger partial charge in [0.1, 0.15) is 0 Å². The van der Waals surface area contributed by atoms with Crippen molar-refractivity contribution in [3.8, 4) is 0 Å². The Morgan fingerprint density at radius 2 is 1.89 bits per heavy atom. The first kappa shape index (κ1) is 19.4. The maximum absolute atomic E-state index is 12.1. The Labute approximate surface area is 164 Å². The Hall–Kier alpha value is -2.40. The second-order valence-electron chi connectivity index (χ2n) is 6.89. The van der Waals surface area contributed by atoms with Gasteiger partial charge in [0.2, 0.25) is 11.8 Å². The largest absolute Gasteiger partial charge is 0.347 e. The molecule has 0 unspecified atom stereocenters. The van der Waals surface area contributed by atoms with E-state index in [0.717, 1.165) is 34.8 Å². The van der Waals surface area contributed by atoms with E-state index < -0.39 is 0 Å². The SMILES string of the molecule is CC(=O)NCC(=O)N1CCC(c2cccc(Cc3ccccc3Cl)n2)CC1. The maximum Gasteiger partial charge on any atom is 0.241 e. The summed E-state index contributed by atoms with van der Waals surface area (Å²) in [4.78, 5) is 29.7. The van der Waals surface area contributed by atoms with Gasteiger partial charge in [-0.2, -0.15) is 0 Å². The van der Waals surface area contributed by atoms with E-state index in [4.69, 9.17) is 16.6 Å². The molecule has 1 fully saturated rings. The number of nitrogens with zero attached hydrogens (tertiary/aromatic N) is 2. The van der Waals surface area contributed by atoms with Gasteiger partial charge < -0.3 is 10.2 Å². The molecule has 5 nitrogen and oxygen atoms in total. The molecule has 3 rings (SSSR count). The molecule has 0 radical (unpaired) electrons. The van der Waals surface area contributed by atoms with Gasteiger partial charge in [-0.3, -0.25) is 14.6 Å². The average Bonchev–Trinajstić information content (AvgIpc) is 2.68. The summed E-state index contributed by atoms with van der Waals surface area (Å²) in [5.74, 6) is 0.142. The summed E-state index contributed by atoms with van der Waals surface area (Å²) in [6.45, 7) is 2.88. The first-order chi connectivity index (χ1) is 13.0. The van der Waals surface area contributed by atoms with Crippen molar-refractivity contribution in [1.82, 2.24) is 15.2 Å². The standard InChI is InChI=1S/C21H24ClN3O2/c1-15(26)23-14-21(27)25-11-9-16(10-12-25)20-8-4-6-18(24-20)13-17-5-2-3-7-19(17)22/h2-8,16H,9-14H2,1H3,(H,23,26). The predicted octanol–water partition coefficient (Wildman–Crippen LogP) is 3.17. The van der Waals surface area contributed by atoms with Crippen molar-refractivity contribution >= 4 is 23.4 Å². The lowest BCUT2D eigenvalue weighted by Gasteiger charge is -2.32. The average molecular weight is 386 g/mol. The minimum Gasteiger partial charge on any atom is -0.347 e. The van der Waals surface area contributed by atoms with Crippen molar-refractivity contribution in [2.75, 3.05) is 19.6 Å². The second kappa shape index (κ2) is 9.00. The Morgan fingerprint density at radius 3 is 2.59 bits per heavy atom. The molecule has 0 atom stereocenters. The van der Waals surface area contributed by atoms with Gasteiger partial charge in [0.05, 0.1) is 6.54 Å². The predicted molar refractivity (Wildman–Crippen MR) is 106 cm³/mol. The van der Waals surface area contributed by atoms with Crippen LogP contribution in [0.5, 0.6) is 0 Å². The van der Waals surface area contributed by atoms with Crippen LogP contribution in [0.15, 0.2) is 42.5 Å². The molecule has 0 saturated carbocycles. The Balaban J connectivity index is 1.59. The minimum absolute atomic E-state index is 0.0240. The second-order valence-corrected chi connectivity index (χ2v) is 7.29. The summed E-state index contributed by atoms with van der Waals surface area (Å²) in [6.07, 6.45) is 2.48. The monoisotopic (exact) mass is 385 g/mol. The fourth-order valence-corrected chi connectivity index (χ4v) is 3.60. The Bertz CT molecular complexity index is 817. The first-order valence-electron chi connectivity index (χ1n) is 9.24. The van der Waals surface area contributed by atoms with E-state index in [-0.39, 0.29) is 18.4 Å². The molecule has 0 spiro atoms. The molecule has 1 saturated heterocycles. The third-order valence-corrected chi connectivity index (χ3v) is 5.28. The first-order valence-corrected chi connectivity index (χ1v) is 9.62. The lowest BCUT2D eigenvalue weighted by Crippen LogP contribution is -2.43. The number of hydrogen-bond acceptors (Lipinski definition) is 3. The molecule has 1 aliphatic rings. The minimum atomic E-state index is -0.183. The summed E-state index contributed by atoms with van der Waals surface area (Å²) in [6, 6.07) is 14.0. The van der Waals surface area contributed by atoms with Gasteiger partial charge >= 0.3 is 0 Å². The van der Waals surface area contributed by atoms with E-state index in [1.54, 1.807) is 0 Å². The van der Waals surface area contributed by atoms with Crippen LogP contribution in [0.2, 0.25) is 5.02 Å². The molecular formula is C21H24ClN3O2. The summed E-state index contributed by atoms with van der Waals surface area (Å²) < 4.78 is 0. The lowest BCUT2D eigenvalue weighted by molar-refractivity contribution is -0.133. The van der Waals surface area contributed by atoms with E-state index in [2.05, 4.69) is 11.4 Å². The number of aromatic nitrogens is 1. The molecule has 142 valence electrons. The zero-order valence-electron chi connectivity index (χ0n) is 15.5. The highest BCUT2D eigenvalue weighted by atomic mass is 35.5. The number of likely N-dealkylation sites (tertiary alicyclic amines) is 1. The Morgan fingerprint density at radius 1 is 1.15 bits per heavy atom. The fourth-order valence-electron chi connectivity index (χ4n) is 3.40. The topological polar surface area (TPSA) is 62.3 Å². The number of carbonyl (C=O) groups excluding carboxylic acids is 2. The number of benzene rings is 1. The molecule has 2 aromatic rings. The van der Waals surface area contributed by atoms with Crippen molar-refractivity contribution in [2.24, 2.45) is 0 Å². The molecule has 2 heterocycles. The molecular weight excluding hydrogens is 362 g/mol. The van der Waals surface area contributed by atoms with Crippen LogP contribution in [0.25, 0.3) is 0 Å². The summed E-state index contributed by atoms with van der Waals surface area (Å²) in [7, 11) is 0. The van der Waals surface area contributed by atoms with Crippen molar-refractivity contribution in [3.63, 3.8) is 0 Å². The molecule has 0 bridgehead atoms. The highest BCUT2D eigenvalue weighted by Gasteiger charge is 2.24. The van der Waals surface area contributed by atoms with Gasteiger partial charge in [-0.05, 0) is 36.6 Å². The van der Waals surface area contributed by atoms with Crippen LogP contribution in [0.3, 0.4) is 0 Å². The molecule has 2 amide bonds. The van der Waals surface area contributed by atoms with Crippen molar-refractivity contribution in [3.05, 3.63) is 64.4 Å². The molecule has 1 aromatic carbocycles. The quantitative estimate of drug-likeness (QED) is 0.859. The molecule has 27 heavy (non-hydrogen) atoms. The Kier molecular flexibility index (Phi) is 6.45. The van der Waals surface area contributed by atoms with Crippen LogP contribution in [-0.4, -0.2) is 41.3 Å². The third kappa shape index (κ3) is 5.30. The van der Waals surface area contributed by atoms with E-state index in [0.29, 0.717) is 25.4 Å². The maximum atomic E-state index is 12.1. The number of carbonyl (C=O) groups is 2. The van der Waals surface area contributed by atoms with Crippen LogP contribution >= 0.6 is 11.6 Å². The van der Waals surface area contributed by atoms with Gasteiger partial charge in [0, 0.05) is 48.8 Å². The molecule has 1 aromatic heterocycles. The van der Waals surface area contributed by atoms with Gasteiger partial charge in [-0.1, -0.05) is 35.9 Å². The van der Waals surface area contributed by atoms with E-state index in [1.165, 1.54) is 6.92 Å². The van der Waals surface area contributed by atoms with E-state index in [1.807, 2.05) is 41.3 Å². The van der Waals surface area contributed by atoms with Gasteiger partial charge in [0.15, 0.2) is 0 Å². The van der Waals surface area contributed by atoms with Gasteiger partial charge in [-0.25, -0.2) is 0 Å². The summed E-state index contributed by atoms with van der Waals surface area (Å²) in [5, 5.41) is 3.33. The number of pyridine rings is 1. The van der Waals surface area contributed by atoms with Crippen LogP contribution in [-0.2, 0) is 16.0 Å². The van der Waals surface area contributed by atoms with Crippen LogP contribution in [0.4, 0.5) is 0 Å². The summed E-state index contributed by atoms with van der Waals surface area (Å²) in [5.41, 5.74) is 3.15. The molecule has 0 aliphatic carbocycles. The molecule has 1 aliphatic heterocycles. The number of nitrogens with one attached hydrogen (secondary N) is 1. The zero-order chi connectivity index (χ0) is 19.2. The smallest absolute Gasteiger partial charge is 0.241 e. The van der Waals surface area contributed by atoms with Crippen molar-refractivity contribution < 1.29 is 9.59 Å². The zero-order valence-corrected chi connectivity index (χ0v) is 16.2. The fraction of sp³-hybridized carbons (Fsp3) is 0.381. The number of piperidine rings is 1. The van der Waals surface area contributed by atoms with Gasteiger partial charge in [0.25, 0.3) is 0 Å². The third-order valence-electron chi connectivity index (χ3n) is 4.91. The van der Waals surface area contributed by atoms with Crippen LogP contribution in [0, 0.1) is 0 Å². The lowest BCUT2D eigenvalue weighted by atomic mass is 9.92. The molecule has 6 heteroatoms. The van der Waals surface area contributed by atoms with E-state index in [9.17, 15) is 9.59 Å². The molecule has 1 N–H and O–H groups in total. The highest BCUT2D eigenvalue weighted by Crippen LogP contribution is 2.27. The van der Waals surface area contributed by atoms with Crippen molar-refractivity contribution in [1.29, 1.82) is 0 Å². The van der Waals surface area contributed by atoms with Crippen molar-refractivity contribution in [2.45, 2.75) is 32.1 Å². The summed E-state index contributed by atoms with van der Waals surface area (Å²) >= 11 is 6.26. The number of hydrogen-bond donors (Lipinski definition) is 1. The highest BCUT2D eigenvalue weighted by molar-refractivity contribution is 6.31. The van der Waals surface area contributed by atoms with Crippen LogP contribution in [0.1, 0.15) is 42.6 Å². The van der Waals surface area contributed by atoms with E-state index >= 15 is 0 Å². The number of amides is 2. The van der Waals surface area contributed by atoms with Crippen LogP contribution < -0.4 is 5.32 Å².